The molecule has 1 fully saturated rings. The van der Waals surface area contributed by atoms with Gasteiger partial charge in [0.1, 0.15) is 5.82 Å². The van der Waals surface area contributed by atoms with Crippen LogP contribution in [0.5, 0.6) is 0 Å². The molecule has 0 spiro atoms. The van der Waals surface area contributed by atoms with E-state index in [2.05, 4.69) is 11.9 Å². The van der Waals surface area contributed by atoms with E-state index in [9.17, 15) is 4.39 Å². The zero-order valence-corrected chi connectivity index (χ0v) is 11.2. The summed E-state index contributed by atoms with van der Waals surface area (Å²) in [7, 11) is 2.06. The van der Waals surface area contributed by atoms with Crippen molar-refractivity contribution in [3.8, 4) is 0 Å². The van der Waals surface area contributed by atoms with Gasteiger partial charge < -0.3 is 10.6 Å². The van der Waals surface area contributed by atoms with Gasteiger partial charge in [0.05, 0.1) is 0 Å². The lowest BCUT2D eigenvalue weighted by atomic mass is 10.0. The van der Waals surface area contributed by atoms with Crippen molar-refractivity contribution < 1.29 is 4.39 Å². The van der Waals surface area contributed by atoms with Gasteiger partial charge in [0, 0.05) is 24.8 Å². The average Bonchev–Trinajstić information content (AvgIpc) is 2.84. The van der Waals surface area contributed by atoms with Crippen molar-refractivity contribution in [2.24, 2.45) is 11.7 Å². The van der Waals surface area contributed by atoms with E-state index in [-0.39, 0.29) is 5.82 Å². The number of hydrogen-bond donors (Lipinski definition) is 1. The Morgan fingerprint density at radius 1 is 1.33 bits per heavy atom. The molecule has 0 aliphatic heterocycles. The predicted octanol–water partition coefficient (Wildman–Crippen LogP) is 2.95. The number of hydrogen-bond acceptors (Lipinski definition) is 2. The van der Waals surface area contributed by atoms with Gasteiger partial charge >= 0.3 is 0 Å². The quantitative estimate of drug-likeness (QED) is 0.870. The molecular weight excluding hydrogens is 227 g/mol. The summed E-state index contributed by atoms with van der Waals surface area (Å²) in [6.07, 6.45) is 5.92. The third-order valence-electron chi connectivity index (χ3n) is 3.91. The summed E-state index contributed by atoms with van der Waals surface area (Å²) in [4.78, 5) is 2.20. The first-order valence-electron chi connectivity index (χ1n) is 6.91. The molecule has 0 heterocycles. The second-order valence-electron chi connectivity index (χ2n) is 5.31. The smallest absolute Gasteiger partial charge is 0.128 e. The van der Waals surface area contributed by atoms with Gasteiger partial charge in [0.25, 0.3) is 0 Å². The Labute approximate surface area is 109 Å². The molecule has 0 radical (unpaired) electrons. The number of halogens is 1. The zero-order valence-electron chi connectivity index (χ0n) is 11.2. The van der Waals surface area contributed by atoms with Crippen molar-refractivity contribution in [1.82, 2.24) is 0 Å². The van der Waals surface area contributed by atoms with Gasteiger partial charge in [-0.1, -0.05) is 18.9 Å². The summed E-state index contributed by atoms with van der Waals surface area (Å²) < 4.78 is 13.8. The summed E-state index contributed by atoms with van der Waals surface area (Å²) in [6, 6.07) is 5.32. The summed E-state index contributed by atoms with van der Waals surface area (Å²) >= 11 is 0. The number of nitrogens with two attached hydrogens (primary N) is 1. The summed E-state index contributed by atoms with van der Waals surface area (Å²) in [5.41, 5.74) is 7.35. The molecular formula is C15H23FN2. The molecule has 18 heavy (non-hydrogen) atoms. The van der Waals surface area contributed by atoms with Crippen LogP contribution in [0.3, 0.4) is 0 Å². The van der Waals surface area contributed by atoms with Crippen LogP contribution in [0.1, 0.15) is 31.2 Å². The Morgan fingerprint density at radius 2 is 2.06 bits per heavy atom. The van der Waals surface area contributed by atoms with Crippen LogP contribution in [0.2, 0.25) is 0 Å². The molecule has 2 rings (SSSR count). The van der Waals surface area contributed by atoms with Gasteiger partial charge in [-0.25, -0.2) is 4.39 Å². The molecule has 2 nitrogen and oxygen atoms in total. The molecule has 100 valence electrons. The third-order valence-corrected chi connectivity index (χ3v) is 3.91. The maximum absolute atomic E-state index is 13.8. The van der Waals surface area contributed by atoms with E-state index >= 15 is 0 Å². The fraction of sp³-hybridized carbons (Fsp3) is 0.600. The molecule has 2 N–H and O–H groups in total. The molecule has 0 saturated heterocycles. The Hall–Kier alpha value is -1.09. The first kappa shape index (κ1) is 13.3. The van der Waals surface area contributed by atoms with Gasteiger partial charge in [0.2, 0.25) is 0 Å². The van der Waals surface area contributed by atoms with Crippen LogP contribution < -0.4 is 10.6 Å². The highest BCUT2D eigenvalue weighted by molar-refractivity contribution is 5.54. The average molecular weight is 250 g/mol. The highest BCUT2D eigenvalue weighted by Crippen LogP contribution is 2.29. The van der Waals surface area contributed by atoms with Crippen LogP contribution in [-0.2, 0) is 6.42 Å². The first-order chi connectivity index (χ1) is 8.72. The van der Waals surface area contributed by atoms with E-state index in [1.807, 2.05) is 6.07 Å². The van der Waals surface area contributed by atoms with Gasteiger partial charge in [-0.15, -0.1) is 0 Å². The molecule has 0 amide bonds. The zero-order chi connectivity index (χ0) is 13.0. The topological polar surface area (TPSA) is 29.3 Å². The predicted molar refractivity (Wildman–Crippen MR) is 74.4 cm³/mol. The first-order valence-corrected chi connectivity index (χ1v) is 6.91. The van der Waals surface area contributed by atoms with Crippen molar-refractivity contribution >= 4 is 5.69 Å². The highest BCUT2D eigenvalue weighted by atomic mass is 19.1. The summed E-state index contributed by atoms with van der Waals surface area (Å²) in [5.74, 6) is 0.639. The van der Waals surface area contributed by atoms with Crippen LogP contribution in [-0.4, -0.2) is 20.1 Å². The molecule has 0 bridgehead atoms. The van der Waals surface area contributed by atoms with E-state index in [4.69, 9.17) is 5.73 Å². The van der Waals surface area contributed by atoms with Gasteiger partial charge in [0.15, 0.2) is 0 Å². The number of nitrogens with zero attached hydrogens (tertiary/aromatic N) is 1. The molecule has 1 aromatic carbocycles. The van der Waals surface area contributed by atoms with Crippen molar-refractivity contribution in [3.05, 3.63) is 29.6 Å². The molecule has 0 atom stereocenters. The maximum atomic E-state index is 13.8. The number of anilines is 1. The summed E-state index contributed by atoms with van der Waals surface area (Å²) in [5, 5.41) is 0. The lowest BCUT2D eigenvalue weighted by Gasteiger charge is -2.25. The van der Waals surface area contributed by atoms with E-state index in [1.54, 1.807) is 6.07 Å². The molecule has 1 aromatic rings. The molecule has 1 saturated carbocycles. The van der Waals surface area contributed by atoms with Crippen LogP contribution >= 0.6 is 0 Å². The van der Waals surface area contributed by atoms with Gasteiger partial charge in [-0.3, -0.25) is 0 Å². The fourth-order valence-corrected chi connectivity index (χ4v) is 2.98. The Morgan fingerprint density at radius 3 is 2.72 bits per heavy atom. The van der Waals surface area contributed by atoms with E-state index in [0.717, 1.165) is 23.7 Å². The second-order valence-corrected chi connectivity index (χ2v) is 5.31. The van der Waals surface area contributed by atoms with Crippen molar-refractivity contribution in [3.63, 3.8) is 0 Å². The highest BCUT2D eigenvalue weighted by Gasteiger charge is 2.19. The van der Waals surface area contributed by atoms with Crippen molar-refractivity contribution in [1.29, 1.82) is 0 Å². The third kappa shape index (κ3) is 3.02. The standard InChI is InChI=1S/C15H23FN2/c1-18(11-12-5-2-3-6-12)15-8-4-7-14(16)13(15)9-10-17/h4,7-8,12H,2-3,5-6,9-11,17H2,1H3. The lowest BCUT2D eigenvalue weighted by molar-refractivity contribution is 0.544. The molecule has 3 heteroatoms. The maximum Gasteiger partial charge on any atom is 0.128 e. The van der Waals surface area contributed by atoms with E-state index < -0.39 is 0 Å². The normalized spacial score (nSPS) is 16.2. The second kappa shape index (κ2) is 6.19. The van der Waals surface area contributed by atoms with Gasteiger partial charge in [-0.2, -0.15) is 0 Å². The van der Waals surface area contributed by atoms with E-state index in [1.165, 1.54) is 31.7 Å². The minimum atomic E-state index is -0.128. The van der Waals surface area contributed by atoms with Gasteiger partial charge in [-0.05, 0) is 43.9 Å². The number of rotatable bonds is 5. The monoisotopic (exact) mass is 250 g/mol. The van der Waals surface area contributed by atoms with E-state index in [0.29, 0.717) is 13.0 Å². The van der Waals surface area contributed by atoms with Crippen LogP contribution in [0.25, 0.3) is 0 Å². The SMILES string of the molecule is CN(CC1CCCC1)c1cccc(F)c1CCN. The molecule has 1 aliphatic carbocycles. The largest absolute Gasteiger partial charge is 0.374 e. The molecule has 1 aliphatic rings. The minimum absolute atomic E-state index is 0.128. The number of benzene rings is 1. The summed E-state index contributed by atoms with van der Waals surface area (Å²) in [6.45, 7) is 1.52. The van der Waals surface area contributed by atoms with Crippen molar-refractivity contribution in [2.45, 2.75) is 32.1 Å². The van der Waals surface area contributed by atoms with Crippen LogP contribution in [0, 0.1) is 11.7 Å². The minimum Gasteiger partial charge on any atom is -0.374 e. The Bertz CT molecular complexity index is 386. The fourth-order valence-electron chi connectivity index (χ4n) is 2.98. The van der Waals surface area contributed by atoms with Crippen LogP contribution in [0.15, 0.2) is 18.2 Å². The Kier molecular flexibility index (Phi) is 4.59. The lowest BCUT2D eigenvalue weighted by Crippen LogP contribution is -2.25. The van der Waals surface area contributed by atoms with Crippen molar-refractivity contribution in [2.75, 3.05) is 25.0 Å². The molecule has 0 unspecified atom stereocenters. The Balaban J connectivity index is 2.12. The molecule has 0 aromatic heterocycles. The van der Waals surface area contributed by atoms with Crippen LogP contribution in [0.4, 0.5) is 10.1 Å².